The van der Waals surface area contributed by atoms with Gasteiger partial charge in [0.15, 0.2) is 5.88 Å². The molecule has 16 heavy (non-hydrogen) atoms. The Morgan fingerprint density at radius 3 is 3.19 bits per heavy atom. The summed E-state index contributed by atoms with van der Waals surface area (Å²) < 4.78 is 5.66. The van der Waals surface area contributed by atoms with Crippen molar-refractivity contribution in [3.8, 4) is 5.88 Å². The standard InChI is InChI=1S/C12H9N2OS/c1-2-4-10-9(3-1)7-14-12(10)15-8-11-13-5-6-16-11/h1-6,14H,8H2. The monoisotopic (exact) mass is 229 g/mol. The number of benzene rings is 1. The van der Waals surface area contributed by atoms with Crippen LogP contribution in [0.5, 0.6) is 5.88 Å². The Labute approximate surface area is 96.7 Å². The summed E-state index contributed by atoms with van der Waals surface area (Å²) in [7, 11) is 0. The average molecular weight is 229 g/mol. The predicted octanol–water partition coefficient (Wildman–Crippen LogP) is 3.00. The number of hydrogen-bond donors (Lipinski definition) is 1. The summed E-state index contributed by atoms with van der Waals surface area (Å²) in [5.41, 5.74) is 0. The number of thiazole rings is 1. The maximum Gasteiger partial charge on any atom is 0.199 e. The molecule has 3 rings (SSSR count). The van der Waals surface area contributed by atoms with Crippen molar-refractivity contribution in [2.75, 3.05) is 0 Å². The minimum absolute atomic E-state index is 0.496. The van der Waals surface area contributed by atoms with Crippen molar-refractivity contribution in [1.29, 1.82) is 0 Å². The van der Waals surface area contributed by atoms with Crippen LogP contribution in [0.2, 0.25) is 0 Å². The van der Waals surface area contributed by atoms with Crippen LogP contribution in [0, 0.1) is 6.20 Å². The molecule has 0 saturated heterocycles. The molecule has 3 nitrogen and oxygen atoms in total. The number of fused-ring (bicyclic) bond motifs is 1. The Hall–Kier alpha value is -1.81. The van der Waals surface area contributed by atoms with Crippen molar-refractivity contribution in [2.24, 2.45) is 0 Å². The van der Waals surface area contributed by atoms with Crippen molar-refractivity contribution < 1.29 is 4.74 Å². The molecule has 0 unspecified atom stereocenters. The molecule has 4 heteroatoms. The molecule has 1 radical (unpaired) electrons. The van der Waals surface area contributed by atoms with Crippen LogP contribution in [0.15, 0.2) is 35.8 Å². The number of rotatable bonds is 3. The van der Waals surface area contributed by atoms with Gasteiger partial charge in [0.25, 0.3) is 0 Å². The second-order valence-corrected chi connectivity index (χ2v) is 4.32. The minimum Gasteiger partial charge on any atom is -0.471 e. The molecular weight excluding hydrogens is 220 g/mol. The van der Waals surface area contributed by atoms with Crippen LogP contribution in [0.1, 0.15) is 5.01 Å². The number of aromatic nitrogens is 2. The van der Waals surface area contributed by atoms with E-state index in [0.29, 0.717) is 6.61 Å². The van der Waals surface area contributed by atoms with Gasteiger partial charge >= 0.3 is 0 Å². The topological polar surface area (TPSA) is 37.9 Å². The highest BCUT2D eigenvalue weighted by molar-refractivity contribution is 7.09. The van der Waals surface area contributed by atoms with Gasteiger partial charge in [0.2, 0.25) is 0 Å². The maximum atomic E-state index is 5.66. The molecule has 0 aliphatic rings. The molecule has 0 aliphatic heterocycles. The molecule has 0 saturated carbocycles. The molecular formula is C12H9N2OS. The number of ether oxygens (including phenoxy) is 1. The molecule has 3 aromatic rings. The molecule has 2 heterocycles. The van der Waals surface area contributed by atoms with E-state index in [9.17, 15) is 0 Å². The molecule has 0 bridgehead atoms. The van der Waals surface area contributed by atoms with Crippen molar-refractivity contribution in [2.45, 2.75) is 6.61 Å². The van der Waals surface area contributed by atoms with Crippen LogP contribution in [-0.4, -0.2) is 9.97 Å². The van der Waals surface area contributed by atoms with Crippen LogP contribution in [0.4, 0.5) is 0 Å². The molecule has 0 fully saturated rings. The number of nitrogens with zero attached hydrogens (tertiary/aromatic N) is 1. The van der Waals surface area contributed by atoms with Crippen LogP contribution in [-0.2, 0) is 6.61 Å². The fraction of sp³-hybridized carbons (Fsp3) is 0.0833. The van der Waals surface area contributed by atoms with Crippen LogP contribution < -0.4 is 4.74 Å². The molecule has 79 valence electrons. The van der Waals surface area contributed by atoms with Crippen LogP contribution >= 0.6 is 11.3 Å². The van der Waals surface area contributed by atoms with Gasteiger partial charge in [-0.15, -0.1) is 11.3 Å². The first kappa shape index (κ1) is 9.42. The summed E-state index contributed by atoms with van der Waals surface area (Å²) in [4.78, 5) is 7.17. The summed E-state index contributed by atoms with van der Waals surface area (Å²) in [6, 6.07) is 7.99. The van der Waals surface area contributed by atoms with Crippen molar-refractivity contribution in [3.05, 3.63) is 47.0 Å². The Morgan fingerprint density at radius 1 is 1.38 bits per heavy atom. The third-order valence-corrected chi connectivity index (χ3v) is 3.06. The van der Waals surface area contributed by atoms with E-state index in [1.165, 1.54) is 0 Å². The van der Waals surface area contributed by atoms with Gasteiger partial charge in [0, 0.05) is 22.3 Å². The molecule has 0 atom stereocenters. The van der Waals surface area contributed by atoms with Gasteiger partial charge in [0.1, 0.15) is 11.6 Å². The van der Waals surface area contributed by atoms with E-state index >= 15 is 0 Å². The Balaban J connectivity index is 1.84. The van der Waals surface area contributed by atoms with Crippen LogP contribution in [0.3, 0.4) is 0 Å². The second kappa shape index (κ2) is 3.98. The summed E-state index contributed by atoms with van der Waals surface area (Å²) in [5.74, 6) is 0.755. The Bertz CT molecular complexity index is 586. The van der Waals surface area contributed by atoms with E-state index in [4.69, 9.17) is 4.74 Å². The van der Waals surface area contributed by atoms with Gasteiger partial charge in [-0.2, -0.15) is 0 Å². The van der Waals surface area contributed by atoms with Gasteiger partial charge in [0.05, 0.1) is 6.20 Å². The first-order valence-corrected chi connectivity index (χ1v) is 5.81. The smallest absolute Gasteiger partial charge is 0.199 e. The fourth-order valence-corrected chi connectivity index (χ4v) is 2.08. The zero-order chi connectivity index (χ0) is 10.8. The predicted molar refractivity (Wildman–Crippen MR) is 63.6 cm³/mol. The minimum atomic E-state index is 0.496. The highest BCUT2D eigenvalue weighted by Gasteiger charge is 2.04. The van der Waals surface area contributed by atoms with E-state index < -0.39 is 0 Å². The lowest BCUT2D eigenvalue weighted by atomic mass is 10.2. The first-order chi connectivity index (χ1) is 7.93. The number of aromatic amines is 1. The number of H-pyrrole nitrogens is 1. The highest BCUT2D eigenvalue weighted by atomic mass is 32.1. The van der Waals surface area contributed by atoms with Gasteiger partial charge in [-0.3, -0.25) is 0 Å². The normalized spacial score (nSPS) is 10.8. The number of hydrogen-bond acceptors (Lipinski definition) is 3. The van der Waals surface area contributed by atoms with Crippen molar-refractivity contribution in [3.63, 3.8) is 0 Å². The van der Waals surface area contributed by atoms with E-state index in [1.807, 2.05) is 29.6 Å². The third-order valence-electron chi connectivity index (χ3n) is 2.31. The molecule has 2 aromatic heterocycles. The lowest BCUT2D eigenvalue weighted by Gasteiger charge is -2.01. The average Bonchev–Trinajstić information content (AvgIpc) is 2.96. The lowest BCUT2D eigenvalue weighted by Crippen LogP contribution is -1.94. The zero-order valence-corrected chi connectivity index (χ0v) is 9.25. The number of nitrogens with one attached hydrogen (secondary N) is 1. The third kappa shape index (κ3) is 1.67. The summed E-state index contributed by atoms with van der Waals surface area (Å²) in [6.07, 6.45) is 4.83. The van der Waals surface area contributed by atoms with Gasteiger partial charge in [-0.1, -0.05) is 18.2 Å². The molecule has 0 amide bonds. The zero-order valence-electron chi connectivity index (χ0n) is 8.43. The van der Waals surface area contributed by atoms with E-state index in [0.717, 1.165) is 21.7 Å². The van der Waals surface area contributed by atoms with Gasteiger partial charge in [-0.05, 0) is 6.07 Å². The second-order valence-electron chi connectivity index (χ2n) is 3.34. The van der Waals surface area contributed by atoms with E-state index in [2.05, 4.69) is 16.2 Å². The Kier molecular flexibility index (Phi) is 2.34. The van der Waals surface area contributed by atoms with Crippen molar-refractivity contribution in [1.82, 2.24) is 9.97 Å². The molecule has 0 spiro atoms. The van der Waals surface area contributed by atoms with Gasteiger partial charge < -0.3 is 9.72 Å². The SMILES string of the molecule is [c]1[nH]c(OCc2nccs2)c2ccccc12. The van der Waals surface area contributed by atoms with Crippen molar-refractivity contribution >= 4 is 22.1 Å². The first-order valence-electron chi connectivity index (χ1n) is 4.93. The van der Waals surface area contributed by atoms with E-state index in [1.54, 1.807) is 17.5 Å². The fourth-order valence-electron chi connectivity index (χ4n) is 1.55. The van der Waals surface area contributed by atoms with Gasteiger partial charge in [-0.25, -0.2) is 4.98 Å². The summed E-state index contributed by atoms with van der Waals surface area (Å²) in [5, 5.41) is 5.01. The summed E-state index contributed by atoms with van der Waals surface area (Å²) >= 11 is 1.59. The Morgan fingerprint density at radius 2 is 2.31 bits per heavy atom. The van der Waals surface area contributed by atoms with Crippen LogP contribution in [0.25, 0.3) is 10.8 Å². The quantitative estimate of drug-likeness (QED) is 0.749. The summed E-state index contributed by atoms with van der Waals surface area (Å²) in [6.45, 7) is 0.496. The molecule has 0 aliphatic carbocycles. The highest BCUT2D eigenvalue weighted by Crippen LogP contribution is 2.24. The molecule has 1 aromatic carbocycles. The lowest BCUT2D eigenvalue weighted by molar-refractivity contribution is 0.298. The maximum absolute atomic E-state index is 5.66. The molecule has 1 N–H and O–H groups in total. The van der Waals surface area contributed by atoms with E-state index in [-0.39, 0.29) is 0 Å². The largest absolute Gasteiger partial charge is 0.471 e.